The zero-order valence-corrected chi connectivity index (χ0v) is 19.4. The Morgan fingerprint density at radius 3 is 2.53 bits per heavy atom. The van der Waals surface area contributed by atoms with E-state index in [4.69, 9.17) is 4.74 Å². The highest BCUT2D eigenvalue weighted by molar-refractivity contribution is 5.91. The van der Waals surface area contributed by atoms with E-state index in [0.717, 1.165) is 21.3 Å². The van der Waals surface area contributed by atoms with Gasteiger partial charge in [-0.1, -0.05) is 42.5 Å². The second-order valence-corrected chi connectivity index (χ2v) is 8.14. The molecule has 0 atom stereocenters. The molecular formula is C25H27N5O4. The number of hydrogen-bond acceptors (Lipinski definition) is 5. The second kappa shape index (κ2) is 9.88. The van der Waals surface area contributed by atoms with Gasteiger partial charge in [0.05, 0.1) is 19.5 Å². The molecule has 0 bridgehead atoms. The van der Waals surface area contributed by atoms with Crippen LogP contribution in [0.4, 0.5) is 5.69 Å². The Balaban J connectivity index is 1.78. The zero-order chi connectivity index (χ0) is 24.2. The van der Waals surface area contributed by atoms with E-state index in [1.54, 1.807) is 17.7 Å². The molecule has 0 saturated carbocycles. The van der Waals surface area contributed by atoms with E-state index < -0.39 is 23.7 Å². The van der Waals surface area contributed by atoms with Gasteiger partial charge in [0.15, 0.2) is 11.2 Å². The first-order valence-corrected chi connectivity index (χ1v) is 11.0. The SMILES string of the molecule is COCCn1cnc2c1c(=O)n(CC(=O)Nc1cccc(C)c1C)c(=O)n2Cc1ccccc1. The lowest BCUT2D eigenvalue weighted by molar-refractivity contribution is -0.116. The fourth-order valence-electron chi connectivity index (χ4n) is 3.87. The van der Waals surface area contributed by atoms with Crippen LogP contribution >= 0.6 is 0 Å². The number of nitrogens with zero attached hydrogens (tertiary/aromatic N) is 4. The summed E-state index contributed by atoms with van der Waals surface area (Å²) in [5, 5.41) is 2.82. The van der Waals surface area contributed by atoms with Crippen LogP contribution < -0.4 is 16.6 Å². The molecule has 0 fully saturated rings. The zero-order valence-electron chi connectivity index (χ0n) is 19.4. The number of hydrogen-bond donors (Lipinski definition) is 1. The summed E-state index contributed by atoms with van der Waals surface area (Å²) in [6.07, 6.45) is 1.52. The number of benzene rings is 2. The lowest BCUT2D eigenvalue weighted by Crippen LogP contribution is -2.43. The summed E-state index contributed by atoms with van der Waals surface area (Å²) in [6, 6.07) is 15.0. The average Bonchev–Trinajstić information content (AvgIpc) is 3.25. The third-order valence-corrected chi connectivity index (χ3v) is 5.88. The number of carbonyl (C=O) groups is 1. The third kappa shape index (κ3) is 4.55. The van der Waals surface area contributed by atoms with Crippen molar-refractivity contribution in [2.45, 2.75) is 33.5 Å². The molecule has 176 valence electrons. The molecule has 0 saturated heterocycles. The molecule has 0 unspecified atom stereocenters. The van der Waals surface area contributed by atoms with Gasteiger partial charge >= 0.3 is 5.69 Å². The van der Waals surface area contributed by atoms with Crippen molar-refractivity contribution < 1.29 is 9.53 Å². The van der Waals surface area contributed by atoms with Gasteiger partial charge in [0, 0.05) is 19.3 Å². The van der Waals surface area contributed by atoms with Crippen LogP contribution in [0.25, 0.3) is 11.2 Å². The highest BCUT2D eigenvalue weighted by atomic mass is 16.5. The number of aromatic nitrogens is 4. The van der Waals surface area contributed by atoms with Crippen LogP contribution in [0, 0.1) is 13.8 Å². The maximum atomic E-state index is 13.4. The minimum Gasteiger partial charge on any atom is -0.383 e. The maximum Gasteiger partial charge on any atom is 0.333 e. The molecule has 0 aliphatic heterocycles. The molecule has 0 spiro atoms. The second-order valence-electron chi connectivity index (χ2n) is 8.14. The van der Waals surface area contributed by atoms with Crippen molar-refractivity contribution >= 4 is 22.8 Å². The van der Waals surface area contributed by atoms with Gasteiger partial charge in [-0.2, -0.15) is 0 Å². The Morgan fingerprint density at radius 1 is 1.03 bits per heavy atom. The van der Waals surface area contributed by atoms with Gasteiger partial charge < -0.3 is 14.6 Å². The van der Waals surface area contributed by atoms with Crippen LogP contribution in [0.2, 0.25) is 0 Å². The van der Waals surface area contributed by atoms with E-state index >= 15 is 0 Å². The van der Waals surface area contributed by atoms with Crippen LogP contribution in [0.5, 0.6) is 0 Å². The number of methoxy groups -OCH3 is 1. The van der Waals surface area contributed by atoms with E-state index in [0.29, 0.717) is 18.8 Å². The quantitative estimate of drug-likeness (QED) is 0.434. The number of fused-ring (bicyclic) bond motifs is 1. The van der Waals surface area contributed by atoms with Crippen molar-refractivity contribution in [2.75, 3.05) is 19.0 Å². The molecule has 0 aliphatic carbocycles. The summed E-state index contributed by atoms with van der Waals surface area (Å²) in [5.74, 6) is -0.457. The minimum absolute atomic E-state index is 0.219. The predicted octanol–water partition coefficient (Wildman–Crippen LogP) is 2.31. The van der Waals surface area contributed by atoms with E-state index in [1.807, 2.05) is 56.3 Å². The number of carbonyl (C=O) groups excluding carboxylic acids is 1. The highest BCUT2D eigenvalue weighted by Gasteiger charge is 2.20. The summed E-state index contributed by atoms with van der Waals surface area (Å²) in [5.41, 5.74) is 2.87. The van der Waals surface area contributed by atoms with E-state index in [1.165, 1.54) is 10.9 Å². The largest absolute Gasteiger partial charge is 0.383 e. The first kappa shape index (κ1) is 23.2. The standard InChI is InChI=1S/C25H27N5O4/c1-17-8-7-11-20(18(17)2)27-21(31)15-30-24(32)22-23(26-16-28(22)12-13-34-3)29(25(30)33)14-19-9-5-4-6-10-19/h4-11,16H,12-15H2,1-3H3,(H,27,31). The molecule has 1 N–H and O–H groups in total. The Kier molecular flexibility index (Phi) is 6.74. The Hall–Kier alpha value is -3.98. The number of amides is 1. The fraction of sp³-hybridized carbons (Fsp3) is 0.280. The molecule has 2 aromatic heterocycles. The average molecular weight is 462 g/mol. The van der Waals surface area contributed by atoms with Crippen LogP contribution in [0.3, 0.4) is 0 Å². The lowest BCUT2D eigenvalue weighted by Gasteiger charge is -2.14. The molecule has 1 amide bonds. The normalized spacial score (nSPS) is 11.1. The predicted molar refractivity (Wildman–Crippen MR) is 130 cm³/mol. The van der Waals surface area contributed by atoms with Crippen molar-refractivity contribution in [3.63, 3.8) is 0 Å². The van der Waals surface area contributed by atoms with E-state index in [2.05, 4.69) is 10.3 Å². The highest BCUT2D eigenvalue weighted by Crippen LogP contribution is 2.18. The first-order valence-electron chi connectivity index (χ1n) is 11.0. The van der Waals surface area contributed by atoms with Crippen molar-refractivity contribution in [1.82, 2.24) is 18.7 Å². The van der Waals surface area contributed by atoms with Gasteiger partial charge in [0.2, 0.25) is 5.91 Å². The van der Waals surface area contributed by atoms with Gasteiger partial charge in [0.1, 0.15) is 6.54 Å². The minimum atomic E-state index is -0.588. The monoisotopic (exact) mass is 461 g/mol. The summed E-state index contributed by atoms with van der Waals surface area (Å²) >= 11 is 0. The number of aryl methyl sites for hydroxylation is 1. The molecule has 2 heterocycles. The molecular weight excluding hydrogens is 434 g/mol. The van der Waals surface area contributed by atoms with Gasteiger partial charge in [-0.25, -0.2) is 14.3 Å². The summed E-state index contributed by atoms with van der Waals surface area (Å²) in [7, 11) is 1.57. The smallest absolute Gasteiger partial charge is 0.333 e. The molecule has 2 aromatic carbocycles. The Bertz CT molecular complexity index is 1450. The first-order chi connectivity index (χ1) is 16.4. The summed E-state index contributed by atoms with van der Waals surface area (Å²) < 4.78 is 9.20. The van der Waals surface area contributed by atoms with Gasteiger partial charge in [-0.3, -0.25) is 14.2 Å². The summed E-state index contributed by atoms with van der Waals surface area (Å²) in [4.78, 5) is 44.0. The Morgan fingerprint density at radius 2 is 1.79 bits per heavy atom. The van der Waals surface area contributed by atoms with Crippen molar-refractivity contribution in [2.24, 2.45) is 0 Å². The molecule has 9 nitrogen and oxygen atoms in total. The van der Waals surface area contributed by atoms with Crippen molar-refractivity contribution in [1.29, 1.82) is 0 Å². The van der Waals surface area contributed by atoms with Gasteiger partial charge in [-0.05, 0) is 36.6 Å². The molecule has 0 aliphatic rings. The summed E-state index contributed by atoms with van der Waals surface area (Å²) in [6.45, 7) is 4.43. The Labute approximate surface area is 196 Å². The van der Waals surface area contributed by atoms with E-state index in [9.17, 15) is 14.4 Å². The molecule has 34 heavy (non-hydrogen) atoms. The van der Waals surface area contributed by atoms with Crippen LogP contribution in [0.15, 0.2) is 64.4 Å². The van der Waals surface area contributed by atoms with Crippen LogP contribution in [0.1, 0.15) is 16.7 Å². The number of anilines is 1. The molecule has 4 rings (SSSR count). The van der Waals surface area contributed by atoms with Crippen molar-refractivity contribution in [3.05, 3.63) is 92.4 Å². The van der Waals surface area contributed by atoms with Crippen LogP contribution in [-0.2, 0) is 29.2 Å². The maximum absolute atomic E-state index is 13.4. The van der Waals surface area contributed by atoms with Crippen molar-refractivity contribution in [3.8, 4) is 0 Å². The number of nitrogens with one attached hydrogen (secondary N) is 1. The fourth-order valence-corrected chi connectivity index (χ4v) is 3.87. The molecule has 0 radical (unpaired) electrons. The molecule has 4 aromatic rings. The number of ether oxygens (including phenoxy) is 1. The van der Waals surface area contributed by atoms with Gasteiger partial charge in [-0.15, -0.1) is 0 Å². The van der Waals surface area contributed by atoms with Gasteiger partial charge in [0.25, 0.3) is 5.56 Å². The number of rotatable bonds is 8. The third-order valence-electron chi connectivity index (χ3n) is 5.88. The topological polar surface area (TPSA) is 100 Å². The molecule has 9 heteroatoms. The van der Waals surface area contributed by atoms with E-state index in [-0.39, 0.29) is 17.7 Å². The number of imidazole rings is 1. The van der Waals surface area contributed by atoms with Crippen LogP contribution in [-0.4, -0.2) is 38.3 Å². The lowest BCUT2D eigenvalue weighted by atomic mass is 10.1.